The number of hydrogen-bond donors (Lipinski definition) is 3. The second kappa shape index (κ2) is 14.4. The van der Waals surface area contributed by atoms with Crippen molar-refractivity contribution in [3.05, 3.63) is 66.2 Å². The highest BCUT2D eigenvalue weighted by atomic mass is 32.2. The van der Waals surface area contributed by atoms with Gasteiger partial charge in [-0.15, -0.1) is 11.8 Å². The molecule has 1 aliphatic heterocycles. The summed E-state index contributed by atoms with van der Waals surface area (Å²) in [5.74, 6) is 1.59. The van der Waals surface area contributed by atoms with Gasteiger partial charge in [0.15, 0.2) is 0 Å². The van der Waals surface area contributed by atoms with Crippen LogP contribution in [0.5, 0.6) is 0 Å². The van der Waals surface area contributed by atoms with Gasteiger partial charge in [-0.1, -0.05) is 67.8 Å². The molecule has 4 rings (SSSR count). The maximum absolute atomic E-state index is 13.4. The van der Waals surface area contributed by atoms with Gasteiger partial charge in [-0.25, -0.2) is 4.79 Å². The van der Waals surface area contributed by atoms with Gasteiger partial charge in [0.1, 0.15) is 6.61 Å². The van der Waals surface area contributed by atoms with E-state index >= 15 is 0 Å². The van der Waals surface area contributed by atoms with Crippen molar-refractivity contribution in [3.8, 4) is 0 Å². The van der Waals surface area contributed by atoms with Crippen molar-refractivity contribution in [2.75, 3.05) is 18.8 Å². The molecule has 2 fully saturated rings. The Labute approximate surface area is 243 Å². The lowest BCUT2D eigenvalue weighted by Crippen LogP contribution is -2.60. The number of aliphatic hydroxyl groups excluding tert-OH is 1. The number of thioether (sulfide) groups is 1. The smallest absolute Gasteiger partial charge is 0.407 e. The van der Waals surface area contributed by atoms with Crippen molar-refractivity contribution in [1.82, 2.24) is 15.5 Å². The first-order valence-electron chi connectivity index (χ1n) is 14.6. The lowest BCUT2D eigenvalue weighted by molar-refractivity contribution is -0.132. The molecule has 0 bridgehead atoms. The Bertz CT molecular complexity index is 1080. The number of aliphatic hydroxyl groups is 1. The Morgan fingerprint density at radius 1 is 1.02 bits per heavy atom. The molecule has 7 nitrogen and oxygen atoms in total. The van der Waals surface area contributed by atoms with E-state index in [1.54, 1.807) is 11.8 Å². The molecule has 5 atom stereocenters. The summed E-state index contributed by atoms with van der Waals surface area (Å²) in [4.78, 5) is 29.5. The number of likely N-dealkylation sites (tertiary alicyclic amines) is 1. The van der Waals surface area contributed by atoms with Crippen LogP contribution in [0.3, 0.4) is 0 Å². The Morgan fingerprint density at radius 3 is 2.35 bits per heavy atom. The molecule has 1 saturated carbocycles. The van der Waals surface area contributed by atoms with E-state index in [9.17, 15) is 14.7 Å². The molecule has 218 valence electrons. The quantitative estimate of drug-likeness (QED) is 0.341. The maximum atomic E-state index is 13.4. The summed E-state index contributed by atoms with van der Waals surface area (Å²) in [5, 5.41) is 17.6. The monoisotopic (exact) mass is 567 g/mol. The van der Waals surface area contributed by atoms with Gasteiger partial charge in [-0.3, -0.25) is 9.69 Å². The normalized spacial score (nSPS) is 22.9. The largest absolute Gasteiger partial charge is 0.445 e. The Balaban J connectivity index is 1.45. The Hall–Kier alpha value is -2.55. The molecule has 1 heterocycles. The van der Waals surface area contributed by atoms with Crippen molar-refractivity contribution in [2.45, 2.75) is 88.1 Å². The molecule has 0 aromatic heterocycles. The van der Waals surface area contributed by atoms with Crippen molar-refractivity contribution in [2.24, 2.45) is 11.8 Å². The molecule has 3 N–H and O–H groups in total. The van der Waals surface area contributed by atoms with Crippen LogP contribution in [0.1, 0.15) is 58.4 Å². The van der Waals surface area contributed by atoms with E-state index in [4.69, 9.17) is 4.74 Å². The minimum atomic E-state index is -0.870. The molecule has 2 amide bonds. The summed E-state index contributed by atoms with van der Waals surface area (Å²) in [7, 11) is 0. The maximum Gasteiger partial charge on any atom is 0.407 e. The van der Waals surface area contributed by atoms with E-state index in [0.717, 1.165) is 23.4 Å². The van der Waals surface area contributed by atoms with Crippen LogP contribution in [0.4, 0.5) is 4.79 Å². The standard InChI is InChI=1S/C32H45N3O4S/c1-32(2,3)34-30(37)28-18-24-14-10-11-15-25(24)19-35(28)20-29(36)27(22-40-26-16-8-5-9-17-26)33-31(38)39-21-23-12-6-4-7-13-23/h4-9,12-13,16-17,24-25,27-29,36H,10-11,14-15,18-22H2,1-3H3,(H,33,38)(H,34,37)/t24-,25+,27-,28-,29+/m0/s1. The van der Waals surface area contributed by atoms with Crippen molar-refractivity contribution in [1.29, 1.82) is 0 Å². The first-order chi connectivity index (χ1) is 19.2. The molecule has 2 aromatic carbocycles. The van der Waals surface area contributed by atoms with Crippen molar-refractivity contribution < 1.29 is 19.4 Å². The number of carbonyl (C=O) groups is 2. The van der Waals surface area contributed by atoms with E-state index in [2.05, 4.69) is 15.5 Å². The summed E-state index contributed by atoms with van der Waals surface area (Å²) in [6.45, 7) is 7.26. The molecule has 1 aliphatic carbocycles. The molecule has 2 aromatic rings. The topological polar surface area (TPSA) is 90.9 Å². The minimum Gasteiger partial charge on any atom is -0.445 e. The molecule has 2 aliphatic rings. The minimum absolute atomic E-state index is 0.0224. The van der Waals surface area contributed by atoms with E-state index < -0.39 is 18.2 Å². The fourth-order valence-corrected chi connectivity index (χ4v) is 6.89. The summed E-state index contributed by atoms with van der Waals surface area (Å²) < 4.78 is 5.49. The molecule has 40 heavy (non-hydrogen) atoms. The van der Waals surface area contributed by atoms with Crippen LogP contribution in [0, 0.1) is 11.8 Å². The number of hydrogen-bond acceptors (Lipinski definition) is 6. The average molecular weight is 568 g/mol. The number of amides is 2. The number of ether oxygens (including phenoxy) is 1. The number of piperidine rings is 1. The summed E-state index contributed by atoms with van der Waals surface area (Å²) in [5.41, 5.74) is 0.570. The van der Waals surface area contributed by atoms with Gasteiger partial charge in [0.25, 0.3) is 0 Å². The van der Waals surface area contributed by atoms with Crippen LogP contribution in [-0.4, -0.2) is 64.6 Å². The second-order valence-corrected chi connectivity index (χ2v) is 13.3. The van der Waals surface area contributed by atoms with Crippen molar-refractivity contribution >= 4 is 23.8 Å². The highest BCUT2D eigenvalue weighted by Crippen LogP contribution is 2.39. The number of β-amino-alcohol motifs (C(OH)–C–C–N with tert-alkyl or cyclic N) is 1. The van der Waals surface area contributed by atoms with Crippen LogP contribution in [0.25, 0.3) is 0 Å². The lowest BCUT2D eigenvalue weighted by Gasteiger charge is -2.47. The summed E-state index contributed by atoms with van der Waals surface area (Å²) in [6, 6.07) is 18.6. The van der Waals surface area contributed by atoms with Gasteiger partial charge in [0.2, 0.25) is 5.91 Å². The zero-order valence-corrected chi connectivity index (χ0v) is 24.9. The SMILES string of the molecule is CC(C)(C)NC(=O)[C@@H]1C[C@@H]2CCCC[C@@H]2CN1C[C@@H](O)[C@H](CSc1ccccc1)NC(=O)OCc1ccccc1. The zero-order valence-electron chi connectivity index (χ0n) is 24.1. The third-order valence-electron chi connectivity index (χ3n) is 7.88. The number of benzene rings is 2. The van der Waals surface area contributed by atoms with Crippen LogP contribution in [0.2, 0.25) is 0 Å². The van der Waals surface area contributed by atoms with E-state index in [1.165, 1.54) is 25.7 Å². The first-order valence-corrected chi connectivity index (χ1v) is 15.6. The molecular weight excluding hydrogens is 522 g/mol. The van der Waals surface area contributed by atoms with Gasteiger partial charge in [0, 0.05) is 29.3 Å². The Morgan fingerprint density at radius 2 is 1.68 bits per heavy atom. The summed E-state index contributed by atoms with van der Waals surface area (Å²) in [6.07, 6.45) is 4.18. The first kappa shape index (κ1) is 30.4. The number of alkyl carbamates (subject to hydrolysis) is 1. The van der Waals surface area contributed by atoms with E-state index in [-0.39, 0.29) is 24.1 Å². The second-order valence-electron chi connectivity index (χ2n) is 12.3. The number of carbonyl (C=O) groups excluding carboxylic acids is 2. The Kier molecular flexibility index (Phi) is 10.9. The highest BCUT2D eigenvalue weighted by Gasteiger charge is 2.41. The van der Waals surface area contributed by atoms with Crippen LogP contribution in [-0.2, 0) is 16.1 Å². The van der Waals surface area contributed by atoms with Gasteiger partial charge in [0.05, 0.1) is 18.2 Å². The van der Waals surface area contributed by atoms with E-state index in [0.29, 0.717) is 24.1 Å². The van der Waals surface area contributed by atoms with Crippen molar-refractivity contribution in [3.63, 3.8) is 0 Å². The van der Waals surface area contributed by atoms with Crippen LogP contribution < -0.4 is 10.6 Å². The molecule has 0 spiro atoms. The fraction of sp³-hybridized carbons (Fsp3) is 0.562. The number of rotatable bonds is 10. The number of nitrogens with one attached hydrogen (secondary N) is 2. The zero-order chi connectivity index (χ0) is 28.5. The van der Waals surface area contributed by atoms with E-state index in [1.807, 2.05) is 81.4 Å². The van der Waals surface area contributed by atoms with Crippen LogP contribution >= 0.6 is 11.8 Å². The predicted molar refractivity (Wildman–Crippen MR) is 160 cm³/mol. The molecule has 1 saturated heterocycles. The predicted octanol–water partition coefficient (Wildman–Crippen LogP) is 5.23. The number of nitrogens with zero attached hydrogens (tertiary/aromatic N) is 1. The molecule has 8 heteroatoms. The van der Waals surface area contributed by atoms with Crippen LogP contribution in [0.15, 0.2) is 65.6 Å². The van der Waals surface area contributed by atoms with Gasteiger partial charge in [-0.05, 0) is 63.1 Å². The lowest BCUT2D eigenvalue weighted by atomic mass is 9.72. The van der Waals surface area contributed by atoms with Gasteiger partial charge < -0.3 is 20.5 Å². The number of fused-ring (bicyclic) bond motifs is 1. The van der Waals surface area contributed by atoms with Gasteiger partial charge in [-0.2, -0.15) is 0 Å². The third-order valence-corrected chi connectivity index (χ3v) is 9.01. The fourth-order valence-electron chi connectivity index (χ4n) is 5.86. The average Bonchev–Trinajstić information content (AvgIpc) is 2.94. The van der Waals surface area contributed by atoms with Gasteiger partial charge >= 0.3 is 6.09 Å². The molecule has 0 unspecified atom stereocenters. The highest BCUT2D eigenvalue weighted by molar-refractivity contribution is 7.99. The molecular formula is C32H45N3O4S. The molecule has 0 radical (unpaired) electrons. The third kappa shape index (κ3) is 9.25. The summed E-state index contributed by atoms with van der Waals surface area (Å²) >= 11 is 1.58.